The van der Waals surface area contributed by atoms with Gasteiger partial charge >= 0.3 is 0 Å². The summed E-state index contributed by atoms with van der Waals surface area (Å²) >= 11 is 6.88. The molecule has 0 aromatic heterocycles. The van der Waals surface area contributed by atoms with Gasteiger partial charge < -0.3 is 14.2 Å². The summed E-state index contributed by atoms with van der Waals surface area (Å²) in [5.41, 5.74) is 1.97. The van der Waals surface area contributed by atoms with Crippen molar-refractivity contribution in [2.75, 3.05) is 20.8 Å². The van der Waals surface area contributed by atoms with E-state index in [-0.39, 0.29) is 17.8 Å². The number of amides is 1. The van der Waals surface area contributed by atoms with E-state index in [0.29, 0.717) is 28.8 Å². The van der Waals surface area contributed by atoms with Gasteiger partial charge in [-0.3, -0.25) is 9.69 Å². The molecular formula is C22H21NO4S2. The molecule has 0 radical (unpaired) electrons. The van der Waals surface area contributed by atoms with Gasteiger partial charge in [0.2, 0.25) is 5.91 Å². The summed E-state index contributed by atoms with van der Waals surface area (Å²) in [6.07, 6.45) is 5.79. The van der Waals surface area contributed by atoms with Crippen molar-refractivity contribution >= 4 is 34.2 Å². The molecule has 29 heavy (non-hydrogen) atoms. The lowest BCUT2D eigenvalue weighted by Gasteiger charge is -2.16. The Bertz CT molecular complexity index is 937. The van der Waals surface area contributed by atoms with Crippen molar-refractivity contribution in [3.8, 4) is 29.6 Å². The van der Waals surface area contributed by atoms with Crippen molar-refractivity contribution in [2.24, 2.45) is 0 Å². The van der Waals surface area contributed by atoms with Gasteiger partial charge in [0.15, 0.2) is 11.5 Å². The van der Waals surface area contributed by atoms with Crippen LogP contribution >= 0.6 is 24.0 Å². The molecule has 2 aromatic carbocycles. The topological polar surface area (TPSA) is 48.0 Å². The van der Waals surface area contributed by atoms with Crippen LogP contribution in [0.1, 0.15) is 11.1 Å². The minimum Gasteiger partial charge on any atom is -0.497 e. The SMILES string of the molecule is C#CCOc1ccc(C[C@@H]2SC(=S)N(Cc3ccc(OC)cc3)C2=O)cc1OC. The second-order valence-electron chi connectivity index (χ2n) is 6.33. The largest absolute Gasteiger partial charge is 0.497 e. The van der Waals surface area contributed by atoms with Crippen LogP contribution in [-0.4, -0.2) is 41.2 Å². The van der Waals surface area contributed by atoms with Gasteiger partial charge in [0.25, 0.3) is 0 Å². The average molecular weight is 428 g/mol. The number of thioether (sulfide) groups is 1. The number of hydrogen-bond donors (Lipinski definition) is 0. The number of nitrogens with zero attached hydrogens (tertiary/aromatic N) is 1. The average Bonchev–Trinajstić information content (AvgIpc) is 3.00. The van der Waals surface area contributed by atoms with E-state index in [2.05, 4.69) is 5.92 Å². The highest BCUT2D eigenvalue weighted by atomic mass is 32.2. The van der Waals surface area contributed by atoms with Gasteiger partial charge in [-0.2, -0.15) is 0 Å². The summed E-state index contributed by atoms with van der Waals surface area (Å²) in [7, 11) is 3.20. The fraction of sp³-hybridized carbons (Fsp3) is 0.273. The van der Waals surface area contributed by atoms with Crippen LogP contribution in [0.5, 0.6) is 17.2 Å². The van der Waals surface area contributed by atoms with E-state index >= 15 is 0 Å². The minimum atomic E-state index is -0.261. The Morgan fingerprint density at radius 1 is 1.10 bits per heavy atom. The number of methoxy groups -OCH3 is 2. The van der Waals surface area contributed by atoms with Crippen LogP contribution in [0.2, 0.25) is 0 Å². The van der Waals surface area contributed by atoms with Crippen molar-refractivity contribution in [3.63, 3.8) is 0 Å². The summed E-state index contributed by atoms with van der Waals surface area (Å²) < 4.78 is 16.6. The van der Waals surface area contributed by atoms with Crippen molar-refractivity contribution in [2.45, 2.75) is 18.2 Å². The number of carbonyl (C=O) groups is 1. The Hall–Kier alpha value is -2.69. The molecule has 0 unspecified atom stereocenters. The molecule has 7 heteroatoms. The predicted octanol–water partition coefficient (Wildman–Crippen LogP) is 3.69. The zero-order valence-corrected chi connectivity index (χ0v) is 17.8. The number of thiocarbonyl (C=S) groups is 1. The summed E-state index contributed by atoms with van der Waals surface area (Å²) in [6.45, 7) is 0.620. The van der Waals surface area contributed by atoms with Crippen molar-refractivity contribution in [1.29, 1.82) is 0 Å². The molecule has 1 aliphatic rings. The standard InChI is InChI=1S/C22H21NO4S2/c1-4-11-27-18-10-7-16(12-19(18)26-3)13-20-21(24)23(22(28)29-20)14-15-5-8-17(25-2)9-6-15/h1,5-10,12,20H,11,13-14H2,2-3H3/t20-/m0/s1. The van der Waals surface area contributed by atoms with Gasteiger partial charge in [-0.05, 0) is 41.8 Å². The maximum absolute atomic E-state index is 12.9. The first-order chi connectivity index (χ1) is 14.0. The first-order valence-corrected chi connectivity index (χ1v) is 10.2. The van der Waals surface area contributed by atoms with Crippen molar-refractivity contribution in [3.05, 3.63) is 53.6 Å². The molecule has 1 fully saturated rings. The lowest BCUT2D eigenvalue weighted by Crippen LogP contribution is -2.31. The fourth-order valence-corrected chi connectivity index (χ4v) is 4.51. The highest BCUT2D eigenvalue weighted by Gasteiger charge is 2.36. The smallest absolute Gasteiger partial charge is 0.242 e. The summed E-state index contributed by atoms with van der Waals surface area (Å²) in [5.74, 6) is 4.39. The van der Waals surface area contributed by atoms with E-state index in [1.54, 1.807) is 19.1 Å². The van der Waals surface area contributed by atoms with Gasteiger partial charge in [-0.15, -0.1) is 6.42 Å². The van der Waals surface area contributed by atoms with E-state index in [0.717, 1.165) is 16.9 Å². The number of hydrogen-bond acceptors (Lipinski definition) is 6. The maximum Gasteiger partial charge on any atom is 0.242 e. The van der Waals surface area contributed by atoms with Crippen LogP contribution in [-0.2, 0) is 17.8 Å². The zero-order chi connectivity index (χ0) is 20.8. The number of ether oxygens (including phenoxy) is 3. The molecular weight excluding hydrogens is 406 g/mol. The third kappa shape index (κ3) is 5.03. The quantitative estimate of drug-likeness (QED) is 0.473. The Labute approximate surface area is 180 Å². The summed E-state index contributed by atoms with van der Waals surface area (Å²) in [4.78, 5) is 14.6. The molecule has 5 nitrogen and oxygen atoms in total. The number of carbonyl (C=O) groups excluding carboxylic acids is 1. The van der Waals surface area contributed by atoms with E-state index in [4.69, 9.17) is 32.9 Å². The third-order valence-corrected chi connectivity index (χ3v) is 6.05. The van der Waals surface area contributed by atoms with E-state index in [1.165, 1.54) is 11.8 Å². The second-order valence-corrected chi connectivity index (χ2v) is 8.16. The highest BCUT2D eigenvalue weighted by molar-refractivity contribution is 8.24. The lowest BCUT2D eigenvalue weighted by molar-refractivity contribution is -0.126. The molecule has 1 heterocycles. The van der Waals surface area contributed by atoms with Crippen LogP contribution in [0.25, 0.3) is 0 Å². The molecule has 1 amide bonds. The molecule has 1 atom stereocenters. The zero-order valence-electron chi connectivity index (χ0n) is 16.2. The molecule has 0 aliphatic carbocycles. The van der Waals surface area contributed by atoms with E-state index in [9.17, 15) is 4.79 Å². The minimum absolute atomic E-state index is 0.0162. The maximum atomic E-state index is 12.9. The van der Waals surface area contributed by atoms with Gasteiger partial charge in [0.1, 0.15) is 16.7 Å². The number of rotatable bonds is 8. The van der Waals surface area contributed by atoms with Crippen LogP contribution in [0.15, 0.2) is 42.5 Å². The highest BCUT2D eigenvalue weighted by Crippen LogP contribution is 2.34. The lowest BCUT2D eigenvalue weighted by atomic mass is 10.1. The van der Waals surface area contributed by atoms with Crippen LogP contribution in [0, 0.1) is 12.3 Å². The van der Waals surface area contributed by atoms with Crippen LogP contribution in [0.4, 0.5) is 0 Å². The van der Waals surface area contributed by atoms with Crippen LogP contribution in [0.3, 0.4) is 0 Å². The predicted molar refractivity (Wildman–Crippen MR) is 119 cm³/mol. The van der Waals surface area contributed by atoms with Gasteiger partial charge in [0, 0.05) is 0 Å². The van der Waals surface area contributed by atoms with E-state index in [1.807, 2.05) is 42.5 Å². The molecule has 0 spiro atoms. The molecule has 1 aliphatic heterocycles. The molecule has 0 bridgehead atoms. The Morgan fingerprint density at radius 3 is 2.48 bits per heavy atom. The summed E-state index contributed by atoms with van der Waals surface area (Å²) in [6, 6.07) is 13.2. The first-order valence-electron chi connectivity index (χ1n) is 8.93. The molecule has 3 rings (SSSR count). The van der Waals surface area contributed by atoms with Gasteiger partial charge in [-0.1, -0.05) is 48.1 Å². The monoisotopic (exact) mass is 427 g/mol. The van der Waals surface area contributed by atoms with E-state index < -0.39 is 0 Å². The Balaban J connectivity index is 1.68. The molecule has 0 saturated carbocycles. The molecule has 2 aromatic rings. The molecule has 1 saturated heterocycles. The van der Waals surface area contributed by atoms with Crippen LogP contribution < -0.4 is 14.2 Å². The first kappa shape index (κ1) is 21.0. The van der Waals surface area contributed by atoms with Gasteiger partial charge in [-0.25, -0.2) is 0 Å². The molecule has 150 valence electrons. The summed E-state index contributed by atoms with van der Waals surface area (Å²) in [5, 5.41) is -0.261. The van der Waals surface area contributed by atoms with Gasteiger partial charge in [0.05, 0.1) is 26.0 Å². The Kier molecular flexibility index (Phi) is 7.02. The third-order valence-electron chi connectivity index (χ3n) is 4.46. The Morgan fingerprint density at radius 2 is 1.83 bits per heavy atom. The fourth-order valence-electron chi connectivity index (χ4n) is 2.98. The molecule has 0 N–H and O–H groups in total. The van der Waals surface area contributed by atoms with Crippen molar-refractivity contribution < 1.29 is 19.0 Å². The second kappa shape index (κ2) is 9.68. The van der Waals surface area contributed by atoms with Crippen molar-refractivity contribution in [1.82, 2.24) is 4.90 Å². The number of terminal acetylenes is 1. The number of benzene rings is 2. The normalized spacial score (nSPS) is 15.9.